The van der Waals surface area contributed by atoms with Crippen molar-refractivity contribution in [2.75, 3.05) is 42.3 Å². The Labute approximate surface area is 199 Å². The van der Waals surface area contributed by atoms with Gasteiger partial charge in [0.05, 0.1) is 29.1 Å². The summed E-state index contributed by atoms with van der Waals surface area (Å²) in [5.74, 6) is 1.45. The highest BCUT2D eigenvalue weighted by Gasteiger charge is 2.41. The predicted octanol–water partition coefficient (Wildman–Crippen LogP) is 3.02. The van der Waals surface area contributed by atoms with E-state index in [-0.39, 0.29) is 18.1 Å². The number of aliphatic hydroxyl groups excluding tert-OH is 1. The van der Waals surface area contributed by atoms with E-state index in [1.807, 2.05) is 55.5 Å². The third-order valence-electron chi connectivity index (χ3n) is 7.13. The van der Waals surface area contributed by atoms with Crippen molar-refractivity contribution in [1.29, 1.82) is 0 Å². The first-order valence-electron chi connectivity index (χ1n) is 11.7. The van der Waals surface area contributed by atoms with Crippen molar-refractivity contribution in [2.24, 2.45) is 4.99 Å². The fourth-order valence-electron chi connectivity index (χ4n) is 5.14. The Morgan fingerprint density at radius 3 is 2.53 bits per heavy atom. The number of nitrogens with zero attached hydrogens (tertiary/aromatic N) is 5. The van der Waals surface area contributed by atoms with Gasteiger partial charge in [-0.1, -0.05) is 12.1 Å². The van der Waals surface area contributed by atoms with Crippen LogP contribution in [0.5, 0.6) is 0 Å². The van der Waals surface area contributed by atoms with Crippen molar-refractivity contribution < 1.29 is 9.90 Å². The van der Waals surface area contributed by atoms with E-state index in [1.165, 1.54) is 0 Å². The monoisotopic (exact) mass is 456 g/mol. The van der Waals surface area contributed by atoms with Crippen molar-refractivity contribution in [1.82, 2.24) is 9.80 Å². The van der Waals surface area contributed by atoms with E-state index in [0.717, 1.165) is 60.5 Å². The van der Waals surface area contributed by atoms with Gasteiger partial charge in [-0.05, 0) is 55.3 Å². The summed E-state index contributed by atoms with van der Waals surface area (Å²) in [5, 5.41) is 13.2. The number of aliphatic imine (C=N–C) groups is 1. The Bertz CT molecular complexity index is 1230. The summed E-state index contributed by atoms with van der Waals surface area (Å²) in [4.78, 5) is 26.4. The van der Waals surface area contributed by atoms with Gasteiger partial charge >= 0.3 is 0 Å². The number of piperidine rings is 1. The van der Waals surface area contributed by atoms with Crippen molar-refractivity contribution in [2.45, 2.75) is 25.0 Å². The van der Waals surface area contributed by atoms with Gasteiger partial charge in [-0.3, -0.25) is 9.69 Å². The van der Waals surface area contributed by atoms with Gasteiger partial charge < -0.3 is 25.1 Å². The van der Waals surface area contributed by atoms with Crippen LogP contribution in [0, 0.1) is 0 Å². The normalized spacial score (nSPS) is 22.0. The Balaban J connectivity index is 1.30. The molecule has 8 nitrogen and oxygen atoms in total. The third-order valence-corrected chi connectivity index (χ3v) is 7.13. The molecule has 0 aromatic heterocycles. The number of amides is 1. The minimum absolute atomic E-state index is 0.0352. The van der Waals surface area contributed by atoms with E-state index >= 15 is 0 Å². The average Bonchev–Trinajstić information content (AvgIpc) is 3.28. The maximum atomic E-state index is 13.3. The number of guanidine groups is 1. The van der Waals surface area contributed by atoms with Crippen LogP contribution in [0.1, 0.15) is 23.2 Å². The Kier molecular flexibility index (Phi) is 4.84. The van der Waals surface area contributed by atoms with Crippen molar-refractivity contribution in [3.8, 4) is 0 Å². The summed E-state index contributed by atoms with van der Waals surface area (Å²) < 4.78 is 0. The third kappa shape index (κ3) is 3.25. The first-order chi connectivity index (χ1) is 16.5. The van der Waals surface area contributed by atoms with Crippen LogP contribution in [0.4, 0.5) is 17.1 Å². The van der Waals surface area contributed by atoms with Crippen LogP contribution in [0.25, 0.3) is 0 Å². The van der Waals surface area contributed by atoms with Gasteiger partial charge in [-0.15, -0.1) is 0 Å². The van der Waals surface area contributed by atoms with E-state index in [2.05, 4.69) is 39.4 Å². The summed E-state index contributed by atoms with van der Waals surface area (Å²) in [5.41, 5.74) is 4.49. The minimum Gasteiger partial charge on any atom is -0.393 e. The number of para-hydroxylation sites is 1. The standard InChI is InChI=1S/C26H28N6O2/c1-29-21-6-4-3-5-20(21)25(34)32-16-13-22-23(32)24(29)28-26(30(22)2)27-17-7-9-18(10-8-17)31-14-11-19(33)12-15-31/h3-10,13,16,19,22,33H,11-12,14-15H2,1-2H3,(H,27,28). The van der Waals surface area contributed by atoms with Crippen molar-refractivity contribution >= 4 is 28.9 Å². The molecule has 174 valence electrons. The van der Waals surface area contributed by atoms with Crippen LogP contribution >= 0.6 is 0 Å². The van der Waals surface area contributed by atoms with Gasteiger partial charge in [0.15, 0.2) is 5.82 Å². The fraction of sp³-hybridized carbons (Fsp3) is 0.308. The van der Waals surface area contributed by atoms with Crippen LogP contribution in [0.2, 0.25) is 0 Å². The van der Waals surface area contributed by atoms with Crippen molar-refractivity contribution in [3.63, 3.8) is 0 Å². The molecule has 4 aliphatic rings. The molecule has 2 aromatic carbocycles. The lowest BCUT2D eigenvalue weighted by molar-refractivity contribution is 0.0856. The lowest BCUT2D eigenvalue weighted by atomic mass is 10.1. The molecule has 4 heterocycles. The summed E-state index contributed by atoms with van der Waals surface area (Å²) >= 11 is 0. The number of carbonyl (C=O) groups excluding carboxylic acids is 1. The molecule has 1 atom stereocenters. The highest BCUT2D eigenvalue weighted by atomic mass is 16.3. The largest absolute Gasteiger partial charge is 0.393 e. The van der Waals surface area contributed by atoms with Crippen molar-refractivity contribution in [3.05, 3.63) is 77.9 Å². The summed E-state index contributed by atoms with van der Waals surface area (Å²) in [6, 6.07) is 15.9. The second-order valence-corrected chi connectivity index (χ2v) is 9.18. The molecule has 0 saturated carbocycles. The quantitative estimate of drug-likeness (QED) is 0.724. The zero-order valence-corrected chi connectivity index (χ0v) is 19.3. The summed E-state index contributed by atoms with van der Waals surface area (Å²) in [6.45, 7) is 1.74. The lowest BCUT2D eigenvalue weighted by Crippen LogP contribution is -2.46. The predicted molar refractivity (Wildman–Crippen MR) is 134 cm³/mol. The Morgan fingerprint density at radius 2 is 1.76 bits per heavy atom. The van der Waals surface area contributed by atoms with Gasteiger partial charge in [0.25, 0.3) is 5.91 Å². The average molecular weight is 457 g/mol. The number of hydrogen-bond acceptors (Lipinski definition) is 7. The van der Waals surface area contributed by atoms with E-state index in [4.69, 9.17) is 4.99 Å². The van der Waals surface area contributed by atoms with E-state index < -0.39 is 0 Å². The molecule has 0 aliphatic carbocycles. The minimum atomic E-state index is -0.179. The lowest BCUT2D eigenvalue weighted by Gasteiger charge is -2.36. The molecule has 6 rings (SSSR count). The fourth-order valence-corrected chi connectivity index (χ4v) is 5.14. The highest BCUT2D eigenvalue weighted by Crippen LogP contribution is 2.39. The topological polar surface area (TPSA) is 74.7 Å². The SMILES string of the molecule is CN1C2=C3C(C=CN3C(=O)c3ccccc31)N(C)C(Nc1ccc(N3CCC(O)CC3)cc1)=N2. The van der Waals surface area contributed by atoms with Gasteiger partial charge in [-0.2, -0.15) is 4.99 Å². The number of nitrogens with one attached hydrogen (secondary N) is 1. The first-order valence-corrected chi connectivity index (χ1v) is 11.7. The molecule has 34 heavy (non-hydrogen) atoms. The summed E-state index contributed by atoms with van der Waals surface area (Å²) in [7, 11) is 3.95. The second kappa shape index (κ2) is 7.92. The molecule has 0 spiro atoms. The maximum Gasteiger partial charge on any atom is 0.264 e. The van der Waals surface area contributed by atoms with Gasteiger partial charge in [0, 0.05) is 44.8 Å². The first kappa shape index (κ1) is 20.8. The number of anilines is 3. The molecule has 2 N–H and O–H groups in total. The number of benzene rings is 2. The highest BCUT2D eigenvalue weighted by molar-refractivity contribution is 6.04. The zero-order chi connectivity index (χ0) is 23.4. The number of carbonyl (C=O) groups is 1. The van der Waals surface area contributed by atoms with Gasteiger partial charge in [0.2, 0.25) is 5.96 Å². The van der Waals surface area contributed by atoms with E-state index in [1.54, 1.807) is 4.90 Å². The number of likely N-dealkylation sites (N-methyl/N-ethyl adjacent to an activating group) is 1. The molecule has 2 aromatic rings. The molecule has 1 amide bonds. The zero-order valence-electron chi connectivity index (χ0n) is 19.3. The molecule has 1 fully saturated rings. The number of rotatable bonds is 2. The number of aliphatic hydroxyl groups is 1. The van der Waals surface area contributed by atoms with E-state index in [9.17, 15) is 9.90 Å². The molecule has 0 bridgehead atoms. The number of hydrogen-bond donors (Lipinski definition) is 2. The molecule has 1 saturated heterocycles. The van der Waals surface area contributed by atoms with Gasteiger partial charge in [-0.25, -0.2) is 0 Å². The smallest absolute Gasteiger partial charge is 0.264 e. The molecule has 1 unspecified atom stereocenters. The van der Waals surface area contributed by atoms with Crippen LogP contribution in [0.3, 0.4) is 0 Å². The molecule has 4 aliphatic heterocycles. The van der Waals surface area contributed by atoms with Crippen LogP contribution in [-0.4, -0.2) is 66.1 Å². The Hall–Kier alpha value is -3.78. The van der Waals surface area contributed by atoms with Gasteiger partial charge in [0.1, 0.15) is 0 Å². The molecular weight excluding hydrogens is 428 g/mol. The number of fused-ring (bicyclic) bond motifs is 1. The summed E-state index contributed by atoms with van der Waals surface area (Å²) in [6.07, 6.45) is 5.34. The van der Waals surface area contributed by atoms with Crippen LogP contribution < -0.4 is 15.1 Å². The molecular formula is C26H28N6O2. The Morgan fingerprint density at radius 1 is 1.03 bits per heavy atom. The molecule has 8 heteroatoms. The van der Waals surface area contributed by atoms with Crippen LogP contribution in [0.15, 0.2) is 77.3 Å². The maximum absolute atomic E-state index is 13.3. The van der Waals surface area contributed by atoms with Crippen LogP contribution in [-0.2, 0) is 0 Å². The van der Waals surface area contributed by atoms with E-state index in [0.29, 0.717) is 5.56 Å². The molecule has 0 radical (unpaired) electrons. The second-order valence-electron chi connectivity index (χ2n) is 9.18.